The molecule has 1 amide bonds. The van der Waals surface area contributed by atoms with Gasteiger partial charge in [-0.2, -0.15) is 5.10 Å². The van der Waals surface area contributed by atoms with Gasteiger partial charge in [0.15, 0.2) is 6.04 Å². The zero-order valence-corrected chi connectivity index (χ0v) is 15.5. The van der Waals surface area contributed by atoms with Crippen LogP contribution in [0.5, 0.6) is 0 Å². The summed E-state index contributed by atoms with van der Waals surface area (Å²) in [5.74, 6) is -0.186. The molecule has 5 N–H and O–H groups in total. The molecule has 134 valence electrons. The maximum Gasteiger partial charge on any atom is 0.298 e. The number of benzene rings is 2. The molecule has 0 saturated heterocycles. The minimum absolute atomic E-state index is 0.186. The van der Waals surface area contributed by atoms with Crippen molar-refractivity contribution in [2.75, 3.05) is 0 Å². The van der Waals surface area contributed by atoms with E-state index in [1.807, 2.05) is 44.3 Å². The molecular formula is C21H25N4O+. The number of quaternary nitrogens is 1. The molecule has 0 aliphatic carbocycles. The van der Waals surface area contributed by atoms with Gasteiger partial charge in [0.25, 0.3) is 5.91 Å². The predicted octanol–water partition coefficient (Wildman–Crippen LogP) is 2.40. The van der Waals surface area contributed by atoms with Crippen molar-refractivity contribution in [3.8, 4) is 0 Å². The molecule has 3 aromatic rings. The Morgan fingerprint density at radius 1 is 1.23 bits per heavy atom. The Morgan fingerprint density at radius 3 is 2.65 bits per heavy atom. The number of H-pyrrole nitrogens is 1. The number of para-hydroxylation sites is 1. The third-order valence-electron chi connectivity index (χ3n) is 4.62. The summed E-state index contributed by atoms with van der Waals surface area (Å²) >= 11 is 0. The number of hydrogen-bond acceptors (Lipinski definition) is 2. The summed E-state index contributed by atoms with van der Waals surface area (Å²) in [6.45, 7) is 6.16. The number of nitrogens with zero attached hydrogens (tertiary/aromatic N) is 1. The minimum Gasteiger partial charge on any atom is -0.361 e. The monoisotopic (exact) mass is 349 g/mol. The molecule has 26 heavy (non-hydrogen) atoms. The maximum absolute atomic E-state index is 12.3. The van der Waals surface area contributed by atoms with Crippen LogP contribution in [0.4, 0.5) is 0 Å². The quantitative estimate of drug-likeness (QED) is 0.479. The minimum atomic E-state index is -0.411. The smallest absolute Gasteiger partial charge is 0.298 e. The summed E-state index contributed by atoms with van der Waals surface area (Å²) in [5.41, 5.74) is 13.3. The molecular weight excluding hydrogens is 324 g/mol. The first-order chi connectivity index (χ1) is 12.5. The van der Waals surface area contributed by atoms with Gasteiger partial charge in [-0.05, 0) is 43.5 Å². The zero-order chi connectivity index (χ0) is 18.7. The molecule has 0 radical (unpaired) electrons. The molecule has 0 aliphatic heterocycles. The SMILES string of the molecule is Cc1cc(C)c(/C=N/NC(=O)[C@@H]([NH3+])Cc2c[nH]c3ccccc23)c(C)c1. The summed E-state index contributed by atoms with van der Waals surface area (Å²) in [4.78, 5) is 15.5. The first-order valence-electron chi connectivity index (χ1n) is 8.74. The van der Waals surface area contributed by atoms with Crippen molar-refractivity contribution in [2.24, 2.45) is 5.10 Å². The second kappa shape index (κ2) is 7.54. The van der Waals surface area contributed by atoms with E-state index in [4.69, 9.17) is 0 Å². The number of carbonyl (C=O) groups excluding carboxylic acids is 1. The topological polar surface area (TPSA) is 84.9 Å². The van der Waals surface area contributed by atoms with Crippen molar-refractivity contribution in [3.05, 3.63) is 70.4 Å². The van der Waals surface area contributed by atoms with Gasteiger partial charge in [0.2, 0.25) is 0 Å². The van der Waals surface area contributed by atoms with Crippen LogP contribution in [0.15, 0.2) is 47.7 Å². The van der Waals surface area contributed by atoms with Gasteiger partial charge in [0.05, 0.1) is 6.21 Å². The number of hydrogen-bond donors (Lipinski definition) is 3. The van der Waals surface area contributed by atoms with Gasteiger partial charge in [-0.3, -0.25) is 4.79 Å². The van der Waals surface area contributed by atoms with E-state index in [0.717, 1.165) is 33.2 Å². The van der Waals surface area contributed by atoms with Crippen molar-refractivity contribution in [3.63, 3.8) is 0 Å². The van der Waals surface area contributed by atoms with E-state index in [1.54, 1.807) is 6.21 Å². The summed E-state index contributed by atoms with van der Waals surface area (Å²) in [6, 6.07) is 11.9. The van der Waals surface area contributed by atoms with Crippen LogP contribution in [0.3, 0.4) is 0 Å². The fourth-order valence-corrected chi connectivity index (χ4v) is 3.31. The van der Waals surface area contributed by atoms with Gasteiger partial charge in [-0.25, -0.2) is 5.43 Å². The van der Waals surface area contributed by atoms with Gasteiger partial charge in [-0.15, -0.1) is 0 Å². The second-order valence-electron chi connectivity index (χ2n) is 6.81. The fourth-order valence-electron chi connectivity index (χ4n) is 3.31. The van der Waals surface area contributed by atoms with Crippen molar-refractivity contribution >= 4 is 23.0 Å². The Hall–Kier alpha value is -2.92. The van der Waals surface area contributed by atoms with Crippen LogP contribution in [-0.2, 0) is 11.2 Å². The van der Waals surface area contributed by atoms with E-state index in [2.05, 4.69) is 40.3 Å². The number of fused-ring (bicyclic) bond motifs is 1. The third kappa shape index (κ3) is 3.83. The molecule has 2 aromatic carbocycles. The fraction of sp³-hybridized carbons (Fsp3) is 0.238. The van der Waals surface area contributed by atoms with Crippen molar-refractivity contribution in [1.29, 1.82) is 0 Å². The number of hydrazone groups is 1. The molecule has 5 nitrogen and oxygen atoms in total. The zero-order valence-electron chi connectivity index (χ0n) is 15.5. The summed E-state index contributed by atoms with van der Waals surface area (Å²) in [5, 5.41) is 5.26. The van der Waals surface area contributed by atoms with E-state index in [0.29, 0.717) is 6.42 Å². The van der Waals surface area contributed by atoms with Crippen molar-refractivity contribution < 1.29 is 10.5 Å². The number of carbonyl (C=O) groups is 1. The van der Waals surface area contributed by atoms with Crippen LogP contribution in [0.25, 0.3) is 10.9 Å². The average molecular weight is 349 g/mol. The highest BCUT2D eigenvalue weighted by molar-refractivity contribution is 5.87. The Kier molecular flexibility index (Phi) is 5.19. The standard InChI is InChI=1S/C21H24N4O/c1-13-8-14(2)18(15(3)9-13)12-24-25-21(26)19(22)10-16-11-23-20-7-5-4-6-17(16)20/h4-9,11-12,19,23H,10,22H2,1-3H3,(H,25,26)/p+1/b24-12+/t19-/m0/s1. The van der Waals surface area contributed by atoms with E-state index >= 15 is 0 Å². The molecule has 0 spiro atoms. The highest BCUT2D eigenvalue weighted by atomic mass is 16.2. The van der Waals surface area contributed by atoms with Gasteiger partial charge in [-0.1, -0.05) is 35.9 Å². The van der Waals surface area contributed by atoms with Crippen LogP contribution in [0, 0.1) is 20.8 Å². The largest absolute Gasteiger partial charge is 0.361 e. The summed E-state index contributed by atoms with van der Waals surface area (Å²) in [7, 11) is 0. The number of aromatic nitrogens is 1. The predicted molar refractivity (Wildman–Crippen MR) is 105 cm³/mol. The van der Waals surface area contributed by atoms with Crippen LogP contribution in [0.1, 0.15) is 27.8 Å². The number of aryl methyl sites for hydroxylation is 3. The molecule has 0 aliphatic rings. The number of aromatic amines is 1. The molecule has 1 aromatic heterocycles. The molecule has 0 bridgehead atoms. The van der Waals surface area contributed by atoms with Gasteiger partial charge < -0.3 is 10.7 Å². The van der Waals surface area contributed by atoms with Gasteiger partial charge in [0, 0.05) is 29.1 Å². The molecule has 0 unspecified atom stereocenters. The van der Waals surface area contributed by atoms with Gasteiger partial charge >= 0.3 is 0 Å². The van der Waals surface area contributed by atoms with E-state index in [9.17, 15) is 4.79 Å². The van der Waals surface area contributed by atoms with Crippen LogP contribution >= 0.6 is 0 Å². The van der Waals surface area contributed by atoms with Gasteiger partial charge in [0.1, 0.15) is 0 Å². The second-order valence-corrected chi connectivity index (χ2v) is 6.81. The summed E-state index contributed by atoms with van der Waals surface area (Å²) in [6.07, 6.45) is 4.22. The Balaban J connectivity index is 1.65. The highest BCUT2D eigenvalue weighted by Crippen LogP contribution is 2.18. The van der Waals surface area contributed by atoms with E-state index in [-0.39, 0.29) is 5.91 Å². The number of amides is 1. The van der Waals surface area contributed by atoms with Crippen LogP contribution in [0.2, 0.25) is 0 Å². The first-order valence-corrected chi connectivity index (χ1v) is 8.74. The average Bonchev–Trinajstić information content (AvgIpc) is 3.00. The summed E-state index contributed by atoms with van der Waals surface area (Å²) < 4.78 is 0. The van der Waals surface area contributed by atoms with E-state index < -0.39 is 6.04 Å². The van der Waals surface area contributed by atoms with Crippen molar-refractivity contribution in [1.82, 2.24) is 10.4 Å². The molecule has 1 atom stereocenters. The lowest BCUT2D eigenvalue weighted by molar-refractivity contribution is -0.403. The Bertz CT molecular complexity index is 948. The molecule has 5 heteroatoms. The lowest BCUT2D eigenvalue weighted by Crippen LogP contribution is -2.68. The third-order valence-corrected chi connectivity index (χ3v) is 4.62. The lowest BCUT2D eigenvalue weighted by atomic mass is 10.0. The molecule has 3 rings (SSSR count). The van der Waals surface area contributed by atoms with E-state index in [1.165, 1.54) is 5.56 Å². The first kappa shape index (κ1) is 17.9. The Labute approximate surface area is 153 Å². The molecule has 0 fully saturated rings. The van der Waals surface area contributed by atoms with Crippen LogP contribution in [-0.4, -0.2) is 23.1 Å². The molecule has 1 heterocycles. The number of rotatable bonds is 5. The normalized spacial score (nSPS) is 12.6. The maximum atomic E-state index is 12.3. The lowest BCUT2D eigenvalue weighted by Gasteiger charge is -2.08. The molecule has 0 saturated carbocycles. The van der Waals surface area contributed by atoms with Crippen LogP contribution < -0.4 is 11.2 Å². The van der Waals surface area contributed by atoms with Crippen molar-refractivity contribution in [2.45, 2.75) is 33.2 Å². The highest BCUT2D eigenvalue weighted by Gasteiger charge is 2.19. The Morgan fingerprint density at radius 2 is 1.92 bits per heavy atom. The number of nitrogens with one attached hydrogen (secondary N) is 2.